The average Bonchev–Trinajstić information content (AvgIpc) is 2.18. The van der Waals surface area contributed by atoms with Gasteiger partial charge in [-0.1, -0.05) is 0 Å². The van der Waals surface area contributed by atoms with Crippen LogP contribution < -0.4 is 5.32 Å². The Morgan fingerprint density at radius 2 is 2.13 bits per heavy atom. The summed E-state index contributed by atoms with van der Waals surface area (Å²) in [6, 6.07) is -0.243. The van der Waals surface area contributed by atoms with Crippen LogP contribution in [0.3, 0.4) is 0 Å². The summed E-state index contributed by atoms with van der Waals surface area (Å²) in [7, 11) is 0. The van der Waals surface area contributed by atoms with E-state index < -0.39 is 0 Å². The highest BCUT2D eigenvalue weighted by molar-refractivity contribution is 5.75. The van der Waals surface area contributed by atoms with Gasteiger partial charge in [-0.25, -0.2) is 0 Å². The van der Waals surface area contributed by atoms with Gasteiger partial charge < -0.3 is 9.47 Å². The van der Waals surface area contributed by atoms with Gasteiger partial charge in [-0.2, -0.15) is 0 Å². The largest absolute Gasteiger partial charge is 0.465 e. The van der Waals surface area contributed by atoms with Gasteiger partial charge in [0.2, 0.25) is 0 Å². The molecule has 0 aliphatic carbocycles. The van der Waals surface area contributed by atoms with Crippen molar-refractivity contribution >= 4 is 5.97 Å². The molecule has 0 amide bonds. The zero-order valence-electron chi connectivity index (χ0n) is 9.84. The number of rotatable bonds is 4. The summed E-state index contributed by atoms with van der Waals surface area (Å²) in [6.45, 7) is 7.76. The van der Waals surface area contributed by atoms with Gasteiger partial charge in [0, 0.05) is 18.8 Å². The molecule has 1 rings (SSSR count). The predicted octanol–water partition coefficient (Wildman–Crippen LogP) is 1.10. The monoisotopic (exact) mass is 215 g/mol. The van der Waals surface area contributed by atoms with Crippen molar-refractivity contribution in [3.63, 3.8) is 0 Å². The number of nitrogens with one attached hydrogen (secondary N) is 1. The van der Waals surface area contributed by atoms with E-state index >= 15 is 0 Å². The molecule has 1 aliphatic heterocycles. The van der Waals surface area contributed by atoms with E-state index in [0.717, 1.165) is 26.1 Å². The number of ether oxygens (including phenoxy) is 2. The third-order valence-electron chi connectivity index (χ3n) is 2.80. The first-order valence-corrected chi connectivity index (χ1v) is 5.59. The van der Waals surface area contributed by atoms with Crippen molar-refractivity contribution in [1.82, 2.24) is 5.32 Å². The fourth-order valence-electron chi connectivity index (χ4n) is 1.82. The number of hydrogen-bond donors (Lipinski definition) is 1. The molecule has 0 aromatic carbocycles. The maximum atomic E-state index is 11.4. The first-order valence-electron chi connectivity index (χ1n) is 5.59. The molecule has 0 aromatic rings. The second-order valence-corrected chi connectivity index (χ2v) is 4.29. The Bertz CT molecular complexity index is 212. The molecule has 1 heterocycles. The quantitative estimate of drug-likeness (QED) is 0.713. The second kappa shape index (κ2) is 5.47. The number of carbonyl (C=O) groups is 1. The van der Waals surface area contributed by atoms with Crippen molar-refractivity contribution in [1.29, 1.82) is 0 Å². The molecule has 1 unspecified atom stereocenters. The standard InChI is InChI=1S/C11H21NO3/c1-4-15-10(13)9(2)12-11(3)5-7-14-8-6-11/h9,12H,4-8H2,1-3H3. The topological polar surface area (TPSA) is 47.6 Å². The molecular weight excluding hydrogens is 194 g/mol. The first-order chi connectivity index (χ1) is 7.07. The third kappa shape index (κ3) is 3.80. The highest BCUT2D eigenvalue weighted by Crippen LogP contribution is 2.20. The minimum atomic E-state index is -0.243. The number of carbonyl (C=O) groups excluding carboxylic acids is 1. The van der Waals surface area contributed by atoms with Crippen LogP contribution in [0.15, 0.2) is 0 Å². The van der Waals surface area contributed by atoms with E-state index in [4.69, 9.17) is 9.47 Å². The molecule has 0 bridgehead atoms. The number of hydrogen-bond acceptors (Lipinski definition) is 4. The molecule has 0 aromatic heterocycles. The molecule has 15 heavy (non-hydrogen) atoms. The van der Waals surface area contributed by atoms with Crippen molar-refractivity contribution in [2.24, 2.45) is 0 Å². The van der Waals surface area contributed by atoms with Crippen LogP contribution >= 0.6 is 0 Å². The Morgan fingerprint density at radius 1 is 1.53 bits per heavy atom. The lowest BCUT2D eigenvalue weighted by Gasteiger charge is -2.36. The van der Waals surface area contributed by atoms with E-state index in [1.807, 2.05) is 13.8 Å². The Morgan fingerprint density at radius 3 is 2.67 bits per heavy atom. The minimum Gasteiger partial charge on any atom is -0.465 e. The molecule has 0 spiro atoms. The van der Waals surface area contributed by atoms with Crippen LogP contribution in [0.4, 0.5) is 0 Å². The van der Waals surface area contributed by atoms with Crippen LogP contribution in [0, 0.1) is 0 Å². The summed E-state index contributed by atoms with van der Waals surface area (Å²) in [5.41, 5.74) is 0.00439. The van der Waals surface area contributed by atoms with Gasteiger partial charge in [0.25, 0.3) is 0 Å². The molecule has 1 fully saturated rings. The van der Waals surface area contributed by atoms with E-state index in [1.165, 1.54) is 0 Å². The number of esters is 1. The van der Waals surface area contributed by atoms with Crippen LogP contribution in [0.5, 0.6) is 0 Å². The first kappa shape index (κ1) is 12.5. The van der Waals surface area contributed by atoms with Crippen LogP contribution in [0.25, 0.3) is 0 Å². The Hall–Kier alpha value is -0.610. The van der Waals surface area contributed by atoms with Crippen LogP contribution in [0.2, 0.25) is 0 Å². The Labute approximate surface area is 91.3 Å². The lowest BCUT2D eigenvalue weighted by atomic mass is 9.91. The summed E-state index contributed by atoms with van der Waals surface area (Å²) >= 11 is 0. The van der Waals surface area contributed by atoms with Gasteiger partial charge in [0.15, 0.2) is 0 Å². The predicted molar refractivity (Wildman–Crippen MR) is 57.7 cm³/mol. The summed E-state index contributed by atoms with van der Waals surface area (Å²) in [5, 5.41) is 3.33. The highest BCUT2D eigenvalue weighted by Gasteiger charge is 2.30. The maximum absolute atomic E-state index is 11.4. The van der Waals surface area contributed by atoms with Gasteiger partial charge in [0.05, 0.1) is 6.61 Å². The van der Waals surface area contributed by atoms with Crippen molar-refractivity contribution in [2.45, 2.75) is 45.2 Å². The summed E-state index contributed by atoms with van der Waals surface area (Å²) < 4.78 is 10.3. The molecule has 4 nitrogen and oxygen atoms in total. The zero-order valence-corrected chi connectivity index (χ0v) is 9.84. The lowest BCUT2D eigenvalue weighted by molar-refractivity contribution is -0.146. The van der Waals surface area contributed by atoms with Gasteiger partial charge in [0.1, 0.15) is 6.04 Å². The maximum Gasteiger partial charge on any atom is 0.322 e. The van der Waals surface area contributed by atoms with Gasteiger partial charge in [-0.15, -0.1) is 0 Å². The summed E-state index contributed by atoms with van der Waals surface area (Å²) in [4.78, 5) is 11.4. The van der Waals surface area contributed by atoms with Crippen LogP contribution in [0.1, 0.15) is 33.6 Å². The molecular formula is C11H21NO3. The molecule has 0 saturated carbocycles. The van der Waals surface area contributed by atoms with E-state index in [2.05, 4.69) is 12.2 Å². The van der Waals surface area contributed by atoms with E-state index in [9.17, 15) is 4.79 Å². The van der Waals surface area contributed by atoms with Gasteiger partial charge in [-0.3, -0.25) is 10.1 Å². The SMILES string of the molecule is CCOC(=O)C(C)NC1(C)CCOCC1. The molecule has 4 heteroatoms. The van der Waals surface area contributed by atoms with Crippen molar-refractivity contribution < 1.29 is 14.3 Å². The fraction of sp³-hybridized carbons (Fsp3) is 0.909. The Kier molecular flexibility index (Phi) is 4.54. The zero-order chi connectivity index (χ0) is 11.3. The fourth-order valence-corrected chi connectivity index (χ4v) is 1.82. The van der Waals surface area contributed by atoms with E-state index in [0.29, 0.717) is 6.61 Å². The van der Waals surface area contributed by atoms with Crippen molar-refractivity contribution in [3.8, 4) is 0 Å². The molecule has 1 atom stereocenters. The Balaban J connectivity index is 2.41. The molecule has 0 radical (unpaired) electrons. The summed E-state index contributed by atoms with van der Waals surface area (Å²) in [6.07, 6.45) is 1.88. The minimum absolute atomic E-state index is 0.00439. The third-order valence-corrected chi connectivity index (χ3v) is 2.80. The van der Waals surface area contributed by atoms with Gasteiger partial charge in [-0.05, 0) is 33.6 Å². The van der Waals surface area contributed by atoms with E-state index in [-0.39, 0.29) is 17.6 Å². The summed E-state index contributed by atoms with van der Waals surface area (Å²) in [5.74, 6) is -0.176. The van der Waals surface area contributed by atoms with Crippen LogP contribution in [-0.4, -0.2) is 37.4 Å². The van der Waals surface area contributed by atoms with E-state index in [1.54, 1.807) is 0 Å². The molecule has 88 valence electrons. The van der Waals surface area contributed by atoms with Crippen LogP contribution in [-0.2, 0) is 14.3 Å². The smallest absolute Gasteiger partial charge is 0.322 e. The normalized spacial score (nSPS) is 22.1. The highest BCUT2D eigenvalue weighted by atomic mass is 16.5. The molecule has 1 N–H and O–H groups in total. The van der Waals surface area contributed by atoms with Crippen molar-refractivity contribution in [2.75, 3.05) is 19.8 Å². The lowest BCUT2D eigenvalue weighted by Crippen LogP contribution is -2.53. The van der Waals surface area contributed by atoms with Crippen molar-refractivity contribution in [3.05, 3.63) is 0 Å². The molecule has 1 aliphatic rings. The van der Waals surface area contributed by atoms with Gasteiger partial charge >= 0.3 is 5.97 Å². The molecule has 1 saturated heterocycles. The average molecular weight is 215 g/mol. The second-order valence-electron chi connectivity index (χ2n) is 4.29.